The highest BCUT2D eigenvalue weighted by molar-refractivity contribution is 6.02. The van der Waals surface area contributed by atoms with E-state index < -0.39 is 36.0 Å². The molecule has 74 heavy (non-hydrogen) atoms. The standard InChI is InChI=1S/C29H30N4O4.2C13H14N2O3.ClH/c1-17(2)11-19(13-26(34)25-15-22-24(32-25)9-6-10-27(22)37-3)29(36)31-20(16-30)12-18-14-28(35)33-23-8-5-4-7-21(18)23;2*1-18-13(17)10(14)6-8-7-12(16)15-11-5-3-2-4-9(8)11;/h4-10,14-15,17,19-20,32H,11-13H2,1-3H3,(H,31,36)(H,33,35);2*2-5,7,10H,6,14H2,1H3,(H,15,16);1H/t19-,20?;;;/m1.../s1. The average molecular weight is 1030 g/mol. The maximum atomic E-state index is 13.3. The fourth-order valence-electron chi connectivity index (χ4n) is 8.56. The Hall–Kier alpha value is -8.37. The third-order valence-corrected chi connectivity index (χ3v) is 12.0. The van der Waals surface area contributed by atoms with Crippen LogP contribution in [0, 0.1) is 23.2 Å². The Kier molecular flexibility index (Phi) is 20.1. The summed E-state index contributed by atoms with van der Waals surface area (Å²) in [5.41, 5.74) is 16.2. The highest BCUT2D eigenvalue weighted by Crippen LogP contribution is 2.28. The van der Waals surface area contributed by atoms with Crippen LogP contribution in [-0.4, -0.2) is 83.0 Å². The van der Waals surface area contributed by atoms with Gasteiger partial charge >= 0.3 is 11.9 Å². The van der Waals surface area contributed by atoms with Crippen molar-refractivity contribution in [3.8, 4) is 11.8 Å². The molecule has 0 aliphatic heterocycles. The van der Waals surface area contributed by atoms with Crippen LogP contribution < -0.4 is 38.2 Å². The van der Waals surface area contributed by atoms with Crippen LogP contribution in [0.4, 0.5) is 0 Å². The van der Waals surface area contributed by atoms with Crippen molar-refractivity contribution in [1.29, 1.82) is 5.26 Å². The Balaban J connectivity index is 0.000000229. The zero-order valence-corrected chi connectivity index (χ0v) is 42.3. The maximum Gasteiger partial charge on any atom is 0.322 e. The lowest BCUT2D eigenvalue weighted by Crippen LogP contribution is -2.40. The number of nitriles is 1. The summed E-state index contributed by atoms with van der Waals surface area (Å²) in [5, 5.41) is 16.0. The third kappa shape index (κ3) is 14.6. The summed E-state index contributed by atoms with van der Waals surface area (Å²) < 4.78 is 14.5. The second-order valence-corrected chi connectivity index (χ2v) is 17.7. The predicted molar refractivity (Wildman–Crippen MR) is 286 cm³/mol. The molecule has 3 unspecified atom stereocenters. The van der Waals surface area contributed by atoms with Crippen molar-refractivity contribution >= 4 is 79.6 Å². The molecule has 4 heterocycles. The zero-order chi connectivity index (χ0) is 52.8. The number of fused-ring (bicyclic) bond motifs is 4. The molecule has 0 aliphatic carbocycles. The number of para-hydroxylation sites is 3. The van der Waals surface area contributed by atoms with E-state index in [9.17, 15) is 38.8 Å². The molecule has 0 saturated carbocycles. The van der Waals surface area contributed by atoms with Crippen molar-refractivity contribution in [2.45, 2.75) is 64.1 Å². The predicted octanol–water partition coefficient (Wildman–Crippen LogP) is 6.07. The number of ether oxygens (including phenoxy) is 3. The smallest absolute Gasteiger partial charge is 0.322 e. The molecule has 4 aromatic heterocycles. The van der Waals surface area contributed by atoms with E-state index in [2.05, 4.69) is 40.8 Å². The molecule has 4 aromatic carbocycles. The number of carbonyl (C=O) groups is 4. The molecule has 9 N–H and O–H groups in total. The fourth-order valence-corrected chi connectivity index (χ4v) is 8.56. The number of amides is 1. The molecular formula is C55H59ClN8O10. The number of Topliss-reactive ketones (excluding diaryl/α,β-unsaturated/α-hetero) is 1. The van der Waals surface area contributed by atoms with Gasteiger partial charge in [0.05, 0.1) is 33.1 Å². The number of rotatable bonds is 16. The number of nitrogens with zero attached hydrogens (tertiary/aromatic N) is 1. The number of aromatic nitrogens is 4. The average Bonchev–Trinajstić information content (AvgIpc) is 3.83. The normalized spacial score (nSPS) is 12.4. The van der Waals surface area contributed by atoms with Crippen LogP contribution in [0.3, 0.4) is 0 Å². The minimum atomic E-state index is -0.847. The SMILES string of the molecule is COC(=O)C(N)Cc1cc(=O)[nH]c2ccccc12.COC(=O)C(N)Cc1cc(=O)[nH]c2ccccc12.COc1cccc2[nH]c(C(=O)C[C@@H](CC(C)C)C(=O)NC(C#N)Cc3cc(=O)[nH]c4ccccc34)cc12.Cl. The number of esters is 2. The molecule has 0 spiro atoms. The minimum Gasteiger partial charge on any atom is -0.496 e. The molecule has 8 rings (SSSR count). The van der Waals surface area contributed by atoms with Crippen molar-refractivity contribution in [3.05, 3.63) is 169 Å². The first-order chi connectivity index (χ1) is 35.0. The van der Waals surface area contributed by atoms with Gasteiger partial charge in [-0.3, -0.25) is 33.6 Å². The molecule has 0 radical (unpaired) electrons. The summed E-state index contributed by atoms with van der Waals surface area (Å²) in [5.74, 6) is -1.28. The van der Waals surface area contributed by atoms with Gasteiger partial charge in [-0.1, -0.05) is 74.5 Å². The molecule has 0 fully saturated rings. The van der Waals surface area contributed by atoms with E-state index in [-0.39, 0.29) is 72.4 Å². The zero-order valence-electron chi connectivity index (χ0n) is 41.5. The number of ketones is 1. The van der Waals surface area contributed by atoms with E-state index in [4.69, 9.17) is 16.2 Å². The van der Waals surface area contributed by atoms with Crippen molar-refractivity contribution in [1.82, 2.24) is 25.3 Å². The van der Waals surface area contributed by atoms with Crippen LogP contribution in [0.5, 0.6) is 5.75 Å². The van der Waals surface area contributed by atoms with Gasteiger partial charge in [-0.15, -0.1) is 12.4 Å². The summed E-state index contributed by atoms with van der Waals surface area (Å²) in [6.45, 7) is 3.98. The van der Waals surface area contributed by atoms with E-state index in [0.29, 0.717) is 28.9 Å². The summed E-state index contributed by atoms with van der Waals surface area (Å²) >= 11 is 0. The molecule has 8 aromatic rings. The van der Waals surface area contributed by atoms with Gasteiger partial charge in [0.25, 0.3) is 0 Å². The van der Waals surface area contributed by atoms with Crippen LogP contribution in [0.25, 0.3) is 43.6 Å². The van der Waals surface area contributed by atoms with Crippen LogP contribution in [0.15, 0.2) is 130 Å². The first-order valence-corrected chi connectivity index (χ1v) is 23.4. The number of hydrogen-bond donors (Lipinski definition) is 7. The molecule has 386 valence electrons. The van der Waals surface area contributed by atoms with Gasteiger partial charge in [0, 0.05) is 80.6 Å². The van der Waals surface area contributed by atoms with Gasteiger partial charge in [0.2, 0.25) is 22.6 Å². The van der Waals surface area contributed by atoms with Gasteiger partial charge in [0.15, 0.2) is 5.78 Å². The second kappa shape index (κ2) is 26.4. The third-order valence-electron chi connectivity index (χ3n) is 12.0. The number of pyridine rings is 3. The summed E-state index contributed by atoms with van der Waals surface area (Å²) in [4.78, 5) is 95.6. The van der Waals surface area contributed by atoms with Crippen LogP contribution in [0.1, 0.15) is 53.9 Å². The van der Waals surface area contributed by atoms with Crippen molar-refractivity contribution in [2.24, 2.45) is 23.3 Å². The van der Waals surface area contributed by atoms with E-state index in [1.54, 1.807) is 19.2 Å². The van der Waals surface area contributed by atoms with E-state index in [1.165, 1.54) is 32.4 Å². The van der Waals surface area contributed by atoms with Crippen LogP contribution in [-0.2, 0) is 43.1 Å². The monoisotopic (exact) mass is 1030 g/mol. The van der Waals surface area contributed by atoms with Crippen molar-refractivity contribution in [3.63, 3.8) is 0 Å². The Morgan fingerprint density at radius 3 is 1.43 bits per heavy atom. The topological polar surface area (TPSA) is 298 Å². The lowest BCUT2D eigenvalue weighted by molar-refractivity contribution is -0.142. The highest BCUT2D eigenvalue weighted by atomic mass is 35.5. The van der Waals surface area contributed by atoms with Crippen molar-refractivity contribution < 1.29 is 33.4 Å². The van der Waals surface area contributed by atoms with Crippen molar-refractivity contribution in [2.75, 3.05) is 21.3 Å². The summed E-state index contributed by atoms with van der Waals surface area (Å²) in [6, 6.07) is 33.6. The Labute approximate surface area is 431 Å². The molecular weight excluding hydrogens is 968 g/mol. The van der Waals surface area contributed by atoms with Crippen LogP contribution >= 0.6 is 12.4 Å². The minimum absolute atomic E-state index is 0. The number of aromatic amines is 4. The number of nitrogens with one attached hydrogen (secondary N) is 5. The molecule has 0 aliphatic rings. The van der Waals surface area contributed by atoms with Gasteiger partial charge in [-0.25, -0.2) is 0 Å². The summed E-state index contributed by atoms with van der Waals surface area (Å²) in [6.07, 6.45) is 1.23. The number of hydrogen-bond acceptors (Lipinski definition) is 13. The van der Waals surface area contributed by atoms with E-state index in [0.717, 1.165) is 49.2 Å². The first-order valence-electron chi connectivity index (χ1n) is 23.4. The Morgan fingerprint density at radius 1 is 0.595 bits per heavy atom. The first kappa shape index (κ1) is 56.5. The number of carbonyl (C=O) groups excluding carboxylic acids is 4. The largest absolute Gasteiger partial charge is 0.496 e. The molecule has 19 heteroatoms. The van der Waals surface area contributed by atoms with E-state index >= 15 is 0 Å². The highest BCUT2D eigenvalue weighted by Gasteiger charge is 2.27. The van der Waals surface area contributed by atoms with Gasteiger partial charge in [-0.05, 0) is 78.3 Å². The van der Waals surface area contributed by atoms with Gasteiger partial charge in [-0.2, -0.15) is 5.26 Å². The van der Waals surface area contributed by atoms with Gasteiger partial charge in [0.1, 0.15) is 23.9 Å². The lowest BCUT2D eigenvalue weighted by Gasteiger charge is -2.20. The molecule has 0 saturated heterocycles. The maximum absolute atomic E-state index is 13.3. The molecule has 0 bridgehead atoms. The number of methoxy groups -OCH3 is 3. The molecule has 18 nitrogen and oxygen atoms in total. The Bertz CT molecular complexity index is 3390. The second-order valence-electron chi connectivity index (χ2n) is 17.7. The fraction of sp³-hybridized carbons (Fsp3) is 0.273. The van der Waals surface area contributed by atoms with E-state index in [1.807, 2.05) is 98.8 Å². The summed E-state index contributed by atoms with van der Waals surface area (Å²) in [7, 11) is 4.16. The molecule has 4 atom stereocenters. The number of benzene rings is 4. The molecule has 1 amide bonds. The van der Waals surface area contributed by atoms with Crippen LogP contribution in [0.2, 0.25) is 0 Å². The number of H-pyrrole nitrogens is 4. The Morgan fingerprint density at radius 2 is 1.01 bits per heavy atom. The van der Waals surface area contributed by atoms with Gasteiger partial charge < -0.3 is 50.9 Å². The number of nitrogens with two attached hydrogens (primary N) is 2. The number of halogens is 1. The quantitative estimate of drug-likeness (QED) is 0.0428. The lowest BCUT2D eigenvalue weighted by atomic mass is 9.90.